The molecule has 1 aromatic heterocycles. The van der Waals surface area contributed by atoms with Gasteiger partial charge in [-0.15, -0.1) is 0 Å². The Balaban J connectivity index is 2.64. The molecule has 1 aromatic rings. The van der Waals surface area contributed by atoms with E-state index in [0.717, 1.165) is 17.8 Å². The van der Waals surface area contributed by atoms with Crippen molar-refractivity contribution in [3.8, 4) is 0 Å². The van der Waals surface area contributed by atoms with E-state index in [2.05, 4.69) is 4.98 Å². The smallest absolute Gasteiger partial charge is 0.355 e. The molecule has 0 spiro atoms. The van der Waals surface area contributed by atoms with E-state index in [1.807, 2.05) is 13.8 Å². The topological polar surface area (TPSA) is 59.2 Å². The molecule has 1 heterocycles. The van der Waals surface area contributed by atoms with Gasteiger partial charge >= 0.3 is 10.8 Å². The number of carbonyl (C=O) groups is 1. The molecule has 1 N–H and O–H groups in total. The van der Waals surface area contributed by atoms with E-state index < -0.39 is 5.97 Å². The molecule has 0 aliphatic heterocycles. The van der Waals surface area contributed by atoms with Crippen molar-refractivity contribution < 1.29 is 9.53 Å². The van der Waals surface area contributed by atoms with Crippen molar-refractivity contribution in [1.29, 1.82) is 0 Å². The van der Waals surface area contributed by atoms with Crippen LogP contribution in [0.2, 0.25) is 0 Å². The number of hydrogen-bond acceptors (Lipinski definition) is 4. The van der Waals surface area contributed by atoms with Gasteiger partial charge in [-0.25, -0.2) is 4.79 Å². The first-order chi connectivity index (χ1) is 6.13. The van der Waals surface area contributed by atoms with E-state index in [0.29, 0.717) is 0 Å². The molecule has 0 amide bonds. The van der Waals surface area contributed by atoms with Crippen LogP contribution in [0.25, 0.3) is 0 Å². The fourth-order valence-corrected chi connectivity index (χ4v) is 1.26. The summed E-state index contributed by atoms with van der Waals surface area (Å²) in [4.78, 5) is 24.1. The first kappa shape index (κ1) is 9.98. The number of rotatable bonds is 3. The second-order valence-corrected chi connectivity index (χ2v) is 3.53. The Labute approximate surface area is 79.6 Å². The first-order valence-corrected chi connectivity index (χ1v) is 4.90. The summed E-state index contributed by atoms with van der Waals surface area (Å²) in [5.41, 5.74) is 0.232. The largest absolute Gasteiger partial charge is 0.458 e. The zero-order chi connectivity index (χ0) is 9.84. The highest BCUT2D eigenvalue weighted by molar-refractivity contribution is 7.07. The van der Waals surface area contributed by atoms with Crippen molar-refractivity contribution >= 4 is 17.3 Å². The van der Waals surface area contributed by atoms with Gasteiger partial charge < -0.3 is 9.72 Å². The van der Waals surface area contributed by atoms with Crippen molar-refractivity contribution in [3.05, 3.63) is 20.7 Å². The third kappa shape index (κ3) is 2.69. The van der Waals surface area contributed by atoms with E-state index in [4.69, 9.17) is 4.74 Å². The Morgan fingerprint density at radius 3 is 2.92 bits per heavy atom. The third-order valence-electron chi connectivity index (χ3n) is 1.62. The average Bonchev–Trinajstić information content (AvgIpc) is 2.51. The van der Waals surface area contributed by atoms with Crippen molar-refractivity contribution in [3.63, 3.8) is 0 Å². The lowest BCUT2D eigenvalue weighted by Crippen LogP contribution is -2.15. The fraction of sp³-hybridized carbons (Fsp3) is 0.500. The quantitative estimate of drug-likeness (QED) is 0.752. The van der Waals surface area contributed by atoms with Crippen molar-refractivity contribution in [1.82, 2.24) is 4.98 Å². The van der Waals surface area contributed by atoms with Gasteiger partial charge in [-0.1, -0.05) is 18.3 Å². The summed E-state index contributed by atoms with van der Waals surface area (Å²) in [5.74, 6) is -0.465. The lowest BCUT2D eigenvalue weighted by molar-refractivity contribution is 0.0328. The Kier molecular flexibility index (Phi) is 3.25. The van der Waals surface area contributed by atoms with Crippen LogP contribution in [0.1, 0.15) is 30.8 Å². The molecule has 0 aromatic carbocycles. The molecular weight excluding hydrogens is 190 g/mol. The number of H-pyrrole nitrogens is 1. The van der Waals surface area contributed by atoms with Gasteiger partial charge in [-0.3, -0.25) is 4.79 Å². The first-order valence-electron chi connectivity index (χ1n) is 4.02. The van der Waals surface area contributed by atoms with E-state index in [-0.39, 0.29) is 16.7 Å². The number of hydrogen-bond donors (Lipinski definition) is 1. The Hall–Kier alpha value is -1.10. The molecule has 0 bridgehead atoms. The molecule has 0 aliphatic rings. The summed E-state index contributed by atoms with van der Waals surface area (Å²) in [6, 6.07) is 0. The van der Waals surface area contributed by atoms with Crippen molar-refractivity contribution in [2.24, 2.45) is 0 Å². The number of carbonyl (C=O) groups excluding carboxylic acids is 1. The van der Waals surface area contributed by atoms with Crippen LogP contribution in [-0.2, 0) is 4.74 Å². The molecule has 0 radical (unpaired) electrons. The van der Waals surface area contributed by atoms with E-state index in [9.17, 15) is 9.59 Å². The average molecular weight is 201 g/mol. The fourth-order valence-electron chi connectivity index (χ4n) is 0.710. The molecule has 1 rings (SSSR count). The summed E-state index contributed by atoms with van der Waals surface area (Å²) in [5, 5.41) is 1.47. The maximum atomic E-state index is 11.2. The van der Waals surface area contributed by atoms with Crippen LogP contribution in [0.15, 0.2) is 10.2 Å². The maximum absolute atomic E-state index is 11.2. The number of thiazole rings is 1. The summed E-state index contributed by atoms with van der Waals surface area (Å²) < 4.78 is 5.00. The molecule has 1 atom stereocenters. The Morgan fingerprint density at radius 1 is 1.77 bits per heavy atom. The molecule has 0 saturated heterocycles. The number of nitrogens with one attached hydrogen (secondary N) is 1. The minimum Gasteiger partial charge on any atom is -0.458 e. The maximum Gasteiger partial charge on any atom is 0.355 e. The normalized spacial score (nSPS) is 12.5. The van der Waals surface area contributed by atoms with Gasteiger partial charge in [0.15, 0.2) is 0 Å². The second kappa shape index (κ2) is 4.23. The van der Waals surface area contributed by atoms with Crippen molar-refractivity contribution in [2.45, 2.75) is 26.4 Å². The van der Waals surface area contributed by atoms with Gasteiger partial charge in [0.25, 0.3) is 0 Å². The van der Waals surface area contributed by atoms with Crippen LogP contribution in [0.5, 0.6) is 0 Å². The minimum atomic E-state index is -0.465. The molecule has 0 aliphatic carbocycles. The monoisotopic (exact) mass is 201 g/mol. The summed E-state index contributed by atoms with van der Waals surface area (Å²) in [7, 11) is 0. The van der Waals surface area contributed by atoms with Gasteiger partial charge in [-0.2, -0.15) is 0 Å². The molecule has 0 saturated carbocycles. The van der Waals surface area contributed by atoms with E-state index >= 15 is 0 Å². The second-order valence-electron chi connectivity index (χ2n) is 2.69. The Morgan fingerprint density at radius 2 is 2.46 bits per heavy atom. The summed E-state index contributed by atoms with van der Waals surface area (Å²) in [6.45, 7) is 3.73. The van der Waals surface area contributed by atoms with Crippen LogP contribution < -0.4 is 4.87 Å². The number of esters is 1. The molecule has 72 valence electrons. The zero-order valence-corrected chi connectivity index (χ0v) is 8.31. The SMILES string of the molecule is CCC(C)OC(=O)c1csc(=O)[nH]1. The van der Waals surface area contributed by atoms with Crippen LogP contribution in [0, 0.1) is 0 Å². The number of ether oxygens (including phenoxy) is 1. The molecule has 1 unspecified atom stereocenters. The van der Waals surface area contributed by atoms with Crippen LogP contribution in [0.4, 0.5) is 0 Å². The van der Waals surface area contributed by atoms with E-state index in [1.54, 1.807) is 0 Å². The Bertz CT molecular complexity index is 341. The highest BCUT2D eigenvalue weighted by Gasteiger charge is 2.12. The van der Waals surface area contributed by atoms with Gasteiger partial charge in [0.2, 0.25) is 0 Å². The molecule has 13 heavy (non-hydrogen) atoms. The molecule has 0 fully saturated rings. The highest BCUT2D eigenvalue weighted by atomic mass is 32.1. The van der Waals surface area contributed by atoms with Gasteiger partial charge in [0.05, 0.1) is 6.10 Å². The minimum absolute atomic E-state index is 0.115. The van der Waals surface area contributed by atoms with Gasteiger partial charge in [0.1, 0.15) is 5.69 Å². The lowest BCUT2D eigenvalue weighted by atomic mass is 10.3. The summed E-state index contributed by atoms with van der Waals surface area (Å²) in [6.07, 6.45) is 0.649. The standard InChI is InChI=1S/C8H11NO3S/c1-3-5(2)12-7(10)6-4-13-8(11)9-6/h4-5H,3H2,1-2H3,(H,9,11). The molecule has 5 heteroatoms. The third-order valence-corrected chi connectivity index (χ3v) is 2.29. The van der Waals surface area contributed by atoms with Gasteiger partial charge in [-0.05, 0) is 13.3 Å². The predicted molar refractivity (Wildman–Crippen MR) is 50.1 cm³/mol. The van der Waals surface area contributed by atoms with Crippen LogP contribution in [0.3, 0.4) is 0 Å². The zero-order valence-electron chi connectivity index (χ0n) is 7.49. The summed E-state index contributed by atoms with van der Waals surface area (Å²) >= 11 is 0.955. The van der Waals surface area contributed by atoms with E-state index in [1.165, 1.54) is 5.38 Å². The number of aromatic amines is 1. The van der Waals surface area contributed by atoms with Gasteiger partial charge in [0, 0.05) is 5.38 Å². The number of aromatic nitrogens is 1. The van der Waals surface area contributed by atoms with Crippen molar-refractivity contribution in [2.75, 3.05) is 0 Å². The molecular formula is C8H11NO3S. The van der Waals surface area contributed by atoms with Crippen LogP contribution >= 0.6 is 11.3 Å². The molecule has 4 nitrogen and oxygen atoms in total. The van der Waals surface area contributed by atoms with Crippen LogP contribution in [-0.4, -0.2) is 17.1 Å². The lowest BCUT2D eigenvalue weighted by Gasteiger charge is -2.08. The predicted octanol–water partition coefficient (Wildman–Crippen LogP) is 1.39. The highest BCUT2D eigenvalue weighted by Crippen LogP contribution is 2.03.